The molecule has 5 heteroatoms. The molecule has 2 rings (SSSR count). The van der Waals surface area contributed by atoms with Crippen molar-refractivity contribution >= 4 is 23.2 Å². The van der Waals surface area contributed by atoms with E-state index in [0.717, 1.165) is 0 Å². The molecule has 0 fully saturated rings. The molecule has 71 valence electrons. The SMILES string of the molecule is Clc1cccc(Oc2[c]onc2)c1Cl. The van der Waals surface area contributed by atoms with Crippen LogP contribution in [0.15, 0.2) is 28.9 Å². The maximum atomic E-state index is 5.89. The summed E-state index contributed by atoms with van der Waals surface area (Å²) < 4.78 is 9.78. The summed E-state index contributed by atoms with van der Waals surface area (Å²) in [6.07, 6.45) is 3.81. The van der Waals surface area contributed by atoms with Gasteiger partial charge >= 0.3 is 0 Å². The third-order valence-electron chi connectivity index (χ3n) is 1.50. The predicted octanol–water partition coefficient (Wildman–Crippen LogP) is 3.57. The Hall–Kier alpha value is -1.19. The summed E-state index contributed by atoms with van der Waals surface area (Å²) >= 11 is 11.7. The van der Waals surface area contributed by atoms with Gasteiger partial charge in [0.25, 0.3) is 6.26 Å². The molecule has 2 aromatic rings. The molecule has 0 spiro atoms. The zero-order valence-electron chi connectivity index (χ0n) is 6.83. The van der Waals surface area contributed by atoms with Crippen molar-refractivity contribution in [3.63, 3.8) is 0 Å². The van der Waals surface area contributed by atoms with Crippen LogP contribution in [-0.4, -0.2) is 5.16 Å². The highest BCUT2D eigenvalue weighted by Crippen LogP contribution is 2.34. The summed E-state index contributed by atoms with van der Waals surface area (Å²) in [6.45, 7) is 0. The van der Waals surface area contributed by atoms with Gasteiger partial charge in [-0.15, -0.1) is 0 Å². The van der Waals surface area contributed by atoms with E-state index < -0.39 is 0 Å². The maximum absolute atomic E-state index is 5.89. The first kappa shape index (κ1) is 9.37. The highest BCUT2D eigenvalue weighted by molar-refractivity contribution is 6.42. The van der Waals surface area contributed by atoms with Crippen molar-refractivity contribution in [3.05, 3.63) is 40.7 Å². The smallest absolute Gasteiger partial charge is 0.251 e. The number of halogens is 2. The number of hydrogen-bond acceptors (Lipinski definition) is 3. The fourth-order valence-corrected chi connectivity index (χ4v) is 1.23. The summed E-state index contributed by atoms with van der Waals surface area (Å²) in [5.74, 6) is 0.799. The molecule has 0 amide bonds. The fraction of sp³-hybridized carbons (Fsp3) is 0. The van der Waals surface area contributed by atoms with Gasteiger partial charge in [0.05, 0.1) is 5.02 Å². The van der Waals surface area contributed by atoms with E-state index in [2.05, 4.69) is 15.9 Å². The van der Waals surface area contributed by atoms with Crippen LogP contribution >= 0.6 is 23.2 Å². The first-order valence-corrected chi connectivity index (χ1v) is 4.47. The van der Waals surface area contributed by atoms with Crippen LogP contribution < -0.4 is 4.74 Å². The Morgan fingerprint density at radius 2 is 2.21 bits per heavy atom. The molecule has 3 nitrogen and oxygen atoms in total. The number of rotatable bonds is 2. The predicted molar refractivity (Wildman–Crippen MR) is 51.9 cm³/mol. The molecule has 1 aromatic heterocycles. The molecule has 1 aromatic carbocycles. The van der Waals surface area contributed by atoms with Gasteiger partial charge in [-0.1, -0.05) is 34.4 Å². The van der Waals surface area contributed by atoms with Crippen LogP contribution in [0.25, 0.3) is 0 Å². The van der Waals surface area contributed by atoms with Gasteiger partial charge in [0.15, 0.2) is 5.75 Å². The van der Waals surface area contributed by atoms with Gasteiger partial charge in [-0.3, -0.25) is 0 Å². The van der Waals surface area contributed by atoms with Crippen molar-refractivity contribution < 1.29 is 9.26 Å². The lowest BCUT2D eigenvalue weighted by atomic mass is 10.3. The van der Waals surface area contributed by atoms with Crippen LogP contribution in [0.3, 0.4) is 0 Å². The van der Waals surface area contributed by atoms with E-state index >= 15 is 0 Å². The molecule has 0 saturated heterocycles. The first-order chi connectivity index (χ1) is 6.77. The van der Waals surface area contributed by atoms with Crippen LogP contribution in [0.4, 0.5) is 0 Å². The summed E-state index contributed by atoms with van der Waals surface area (Å²) in [5.41, 5.74) is 0. The molecule has 0 aliphatic heterocycles. The summed E-state index contributed by atoms with van der Waals surface area (Å²) in [6, 6.07) is 5.10. The second kappa shape index (κ2) is 3.90. The molecule has 0 atom stereocenters. The van der Waals surface area contributed by atoms with E-state index in [1.54, 1.807) is 18.2 Å². The first-order valence-electron chi connectivity index (χ1n) is 3.71. The monoisotopic (exact) mass is 228 g/mol. The summed E-state index contributed by atoms with van der Waals surface area (Å²) in [4.78, 5) is 0. The quantitative estimate of drug-likeness (QED) is 0.789. The normalized spacial score (nSPS) is 10.1. The lowest BCUT2D eigenvalue weighted by Gasteiger charge is -2.04. The largest absolute Gasteiger partial charge is 0.450 e. The van der Waals surface area contributed by atoms with E-state index in [1.165, 1.54) is 6.20 Å². The van der Waals surface area contributed by atoms with Crippen molar-refractivity contribution in [2.75, 3.05) is 0 Å². The van der Waals surface area contributed by atoms with E-state index in [4.69, 9.17) is 27.9 Å². The highest BCUT2D eigenvalue weighted by Gasteiger charge is 2.07. The molecule has 1 heterocycles. The molecule has 0 N–H and O–H groups in total. The van der Waals surface area contributed by atoms with Crippen molar-refractivity contribution in [1.29, 1.82) is 0 Å². The van der Waals surface area contributed by atoms with Crippen LogP contribution in [0.2, 0.25) is 10.0 Å². The number of aromatic nitrogens is 1. The Morgan fingerprint density at radius 3 is 2.93 bits per heavy atom. The summed E-state index contributed by atoms with van der Waals surface area (Å²) in [5, 5.41) is 4.22. The van der Waals surface area contributed by atoms with Gasteiger partial charge in [-0.25, -0.2) is 0 Å². The van der Waals surface area contributed by atoms with Gasteiger partial charge in [-0.2, -0.15) is 0 Å². The van der Waals surface area contributed by atoms with E-state index in [1.807, 2.05) is 0 Å². The van der Waals surface area contributed by atoms with Gasteiger partial charge in [0, 0.05) is 0 Å². The zero-order chi connectivity index (χ0) is 9.97. The van der Waals surface area contributed by atoms with E-state index in [9.17, 15) is 0 Å². The average molecular weight is 229 g/mol. The maximum Gasteiger partial charge on any atom is 0.251 e. The van der Waals surface area contributed by atoms with Gasteiger partial charge in [0.2, 0.25) is 0 Å². The highest BCUT2D eigenvalue weighted by atomic mass is 35.5. The molecule has 1 radical (unpaired) electrons. The molecular weight excluding hydrogens is 225 g/mol. The van der Waals surface area contributed by atoms with Crippen molar-refractivity contribution in [2.45, 2.75) is 0 Å². The van der Waals surface area contributed by atoms with Crippen LogP contribution in [0.1, 0.15) is 0 Å². The third kappa shape index (κ3) is 1.84. The van der Waals surface area contributed by atoms with Crippen molar-refractivity contribution in [3.8, 4) is 11.5 Å². The van der Waals surface area contributed by atoms with Crippen molar-refractivity contribution in [1.82, 2.24) is 5.16 Å². The van der Waals surface area contributed by atoms with Crippen LogP contribution in [0.5, 0.6) is 11.5 Å². The average Bonchev–Trinajstić information content (AvgIpc) is 2.66. The molecule has 14 heavy (non-hydrogen) atoms. The minimum atomic E-state index is 0.351. The van der Waals surface area contributed by atoms with E-state index in [0.29, 0.717) is 21.5 Å². The number of nitrogens with zero attached hydrogens (tertiary/aromatic N) is 1. The van der Waals surface area contributed by atoms with Gasteiger partial charge < -0.3 is 9.26 Å². The number of ether oxygens (including phenoxy) is 1. The number of benzene rings is 1. The third-order valence-corrected chi connectivity index (χ3v) is 2.31. The Balaban J connectivity index is 2.29. The Bertz CT molecular complexity index is 428. The molecule has 0 aliphatic carbocycles. The summed E-state index contributed by atoms with van der Waals surface area (Å²) in [7, 11) is 0. The molecule has 0 aliphatic rings. The van der Waals surface area contributed by atoms with Gasteiger partial charge in [0.1, 0.15) is 17.0 Å². The molecule has 0 unspecified atom stereocenters. The Kier molecular flexibility index (Phi) is 2.61. The standard InChI is InChI=1S/C9H4Cl2NO2/c10-7-2-1-3-8(9(7)11)14-6-4-12-13-5-6/h1-4H. The lowest BCUT2D eigenvalue weighted by molar-refractivity contribution is 0.402. The zero-order valence-corrected chi connectivity index (χ0v) is 8.34. The second-order valence-corrected chi connectivity index (χ2v) is 3.23. The topological polar surface area (TPSA) is 35.3 Å². The minimum absolute atomic E-state index is 0.351. The lowest BCUT2D eigenvalue weighted by Crippen LogP contribution is -1.83. The second-order valence-electron chi connectivity index (χ2n) is 2.45. The van der Waals surface area contributed by atoms with Crippen LogP contribution in [-0.2, 0) is 0 Å². The molecule has 0 bridgehead atoms. The number of hydrogen-bond donors (Lipinski definition) is 0. The van der Waals surface area contributed by atoms with Gasteiger partial charge in [-0.05, 0) is 12.1 Å². The van der Waals surface area contributed by atoms with Crippen LogP contribution in [0, 0.1) is 6.26 Å². The van der Waals surface area contributed by atoms with E-state index in [-0.39, 0.29) is 0 Å². The molecular formula is C9H4Cl2NO2. The Morgan fingerprint density at radius 1 is 1.36 bits per heavy atom. The fourth-order valence-electron chi connectivity index (χ4n) is 0.900. The minimum Gasteiger partial charge on any atom is -0.450 e. The van der Waals surface area contributed by atoms with Crippen molar-refractivity contribution in [2.24, 2.45) is 0 Å². The molecule has 0 saturated carbocycles. The Labute approximate surface area is 90.2 Å².